The number of aliphatic imine (C=N–C) groups is 1. The van der Waals surface area contributed by atoms with Crippen LogP contribution in [0.25, 0.3) is 0 Å². The molecule has 0 saturated heterocycles. The lowest BCUT2D eigenvalue weighted by molar-refractivity contribution is 0.156. The minimum absolute atomic E-state index is 0.186. The molecule has 1 unspecified atom stereocenters. The van der Waals surface area contributed by atoms with E-state index in [1.54, 1.807) is 7.11 Å². The van der Waals surface area contributed by atoms with Gasteiger partial charge in [-0.3, -0.25) is 4.99 Å². The number of hydrogen-bond acceptors (Lipinski definition) is 2. The minimum Gasteiger partial charge on any atom is -0.385 e. The Morgan fingerprint density at radius 1 is 1.27 bits per heavy atom. The number of amidine groups is 1. The molecule has 1 aromatic rings. The Morgan fingerprint density at radius 2 is 1.87 bits per heavy atom. The average Bonchev–Trinajstić information content (AvgIpc) is 2.19. The molecule has 3 heteroatoms. The molecule has 0 amide bonds. The van der Waals surface area contributed by atoms with E-state index in [0.29, 0.717) is 5.84 Å². The number of ether oxygens (including phenoxy) is 1. The number of methoxy groups -OCH3 is 1. The van der Waals surface area contributed by atoms with Crippen molar-refractivity contribution in [2.45, 2.75) is 26.0 Å². The summed E-state index contributed by atoms with van der Waals surface area (Å²) in [7, 11) is 1.64. The standard InChI is InChI=1S/C12H18N2O/c1-9(2)14-12(13)11(15-3)10-7-5-4-6-8-10/h4-9,11H,1-3H3,(H2,13,14). The van der Waals surface area contributed by atoms with Gasteiger partial charge < -0.3 is 10.5 Å². The van der Waals surface area contributed by atoms with Gasteiger partial charge in [0.1, 0.15) is 11.9 Å². The van der Waals surface area contributed by atoms with Gasteiger partial charge in [-0.15, -0.1) is 0 Å². The topological polar surface area (TPSA) is 47.6 Å². The van der Waals surface area contributed by atoms with Crippen LogP contribution < -0.4 is 5.73 Å². The van der Waals surface area contributed by atoms with Crippen molar-refractivity contribution in [1.29, 1.82) is 0 Å². The summed E-state index contributed by atoms with van der Waals surface area (Å²) in [6.45, 7) is 3.98. The minimum atomic E-state index is -0.242. The zero-order valence-corrected chi connectivity index (χ0v) is 9.47. The second kappa shape index (κ2) is 5.51. The molecule has 0 aliphatic carbocycles. The summed E-state index contributed by atoms with van der Waals surface area (Å²) < 4.78 is 5.34. The van der Waals surface area contributed by atoms with Crippen molar-refractivity contribution in [3.8, 4) is 0 Å². The van der Waals surface area contributed by atoms with Gasteiger partial charge in [0.25, 0.3) is 0 Å². The van der Waals surface area contributed by atoms with Gasteiger partial charge in [0, 0.05) is 13.2 Å². The van der Waals surface area contributed by atoms with Crippen molar-refractivity contribution < 1.29 is 4.74 Å². The average molecular weight is 206 g/mol. The van der Waals surface area contributed by atoms with Crippen molar-refractivity contribution in [2.24, 2.45) is 10.7 Å². The van der Waals surface area contributed by atoms with Crippen molar-refractivity contribution in [1.82, 2.24) is 0 Å². The molecule has 0 aromatic heterocycles. The van der Waals surface area contributed by atoms with E-state index in [4.69, 9.17) is 10.5 Å². The Hall–Kier alpha value is -1.35. The molecule has 0 heterocycles. The van der Waals surface area contributed by atoms with Crippen molar-refractivity contribution in [3.63, 3.8) is 0 Å². The second-order valence-electron chi connectivity index (χ2n) is 3.67. The van der Waals surface area contributed by atoms with Crippen molar-refractivity contribution in [2.75, 3.05) is 7.11 Å². The lowest BCUT2D eigenvalue weighted by atomic mass is 10.1. The first-order valence-corrected chi connectivity index (χ1v) is 5.06. The fourth-order valence-electron chi connectivity index (χ4n) is 1.42. The number of rotatable bonds is 4. The number of nitrogens with zero attached hydrogens (tertiary/aromatic N) is 1. The maximum atomic E-state index is 5.89. The molecular weight excluding hydrogens is 188 g/mol. The molecule has 1 atom stereocenters. The predicted molar refractivity (Wildman–Crippen MR) is 63.0 cm³/mol. The van der Waals surface area contributed by atoms with E-state index >= 15 is 0 Å². The third kappa shape index (κ3) is 3.36. The van der Waals surface area contributed by atoms with E-state index in [0.717, 1.165) is 5.56 Å². The lowest BCUT2D eigenvalue weighted by Crippen LogP contribution is -2.24. The molecule has 82 valence electrons. The van der Waals surface area contributed by atoms with E-state index < -0.39 is 0 Å². The fraction of sp³-hybridized carbons (Fsp3) is 0.417. The van der Waals surface area contributed by atoms with Crippen LogP contribution in [0.3, 0.4) is 0 Å². The van der Waals surface area contributed by atoms with E-state index in [-0.39, 0.29) is 12.1 Å². The molecule has 15 heavy (non-hydrogen) atoms. The molecule has 0 bridgehead atoms. The Morgan fingerprint density at radius 3 is 2.33 bits per heavy atom. The van der Waals surface area contributed by atoms with E-state index in [9.17, 15) is 0 Å². The highest BCUT2D eigenvalue weighted by Gasteiger charge is 2.14. The van der Waals surface area contributed by atoms with Gasteiger partial charge in [0.15, 0.2) is 0 Å². The summed E-state index contributed by atoms with van der Waals surface area (Å²) in [5.74, 6) is 0.527. The molecular formula is C12H18N2O. The first-order valence-electron chi connectivity index (χ1n) is 5.06. The highest BCUT2D eigenvalue weighted by atomic mass is 16.5. The third-order valence-electron chi connectivity index (χ3n) is 2.01. The van der Waals surface area contributed by atoms with Crippen LogP contribution in [0.15, 0.2) is 35.3 Å². The van der Waals surface area contributed by atoms with Gasteiger partial charge in [-0.1, -0.05) is 30.3 Å². The molecule has 0 fully saturated rings. The molecule has 2 N–H and O–H groups in total. The van der Waals surface area contributed by atoms with Gasteiger partial charge in [-0.05, 0) is 19.4 Å². The van der Waals surface area contributed by atoms with Gasteiger partial charge in [0.2, 0.25) is 0 Å². The van der Waals surface area contributed by atoms with E-state index in [2.05, 4.69) is 4.99 Å². The molecule has 0 aliphatic heterocycles. The molecule has 0 aliphatic rings. The molecule has 0 spiro atoms. The zero-order chi connectivity index (χ0) is 11.3. The fourth-order valence-corrected chi connectivity index (χ4v) is 1.42. The van der Waals surface area contributed by atoms with Crippen LogP contribution >= 0.6 is 0 Å². The highest BCUT2D eigenvalue weighted by molar-refractivity contribution is 5.86. The Balaban J connectivity index is 2.90. The number of hydrogen-bond donors (Lipinski definition) is 1. The molecule has 1 aromatic carbocycles. The van der Waals surface area contributed by atoms with Crippen LogP contribution in [0.2, 0.25) is 0 Å². The number of benzene rings is 1. The summed E-state index contributed by atoms with van der Waals surface area (Å²) in [6, 6.07) is 10.0. The summed E-state index contributed by atoms with van der Waals surface area (Å²) in [5, 5.41) is 0. The normalized spacial score (nSPS) is 14.3. The van der Waals surface area contributed by atoms with Crippen LogP contribution in [0, 0.1) is 0 Å². The summed E-state index contributed by atoms with van der Waals surface area (Å²) in [4.78, 5) is 4.29. The number of nitrogens with two attached hydrogens (primary N) is 1. The smallest absolute Gasteiger partial charge is 0.139 e. The van der Waals surface area contributed by atoms with Gasteiger partial charge >= 0.3 is 0 Å². The Bertz CT molecular complexity index is 320. The highest BCUT2D eigenvalue weighted by Crippen LogP contribution is 2.16. The maximum Gasteiger partial charge on any atom is 0.139 e. The summed E-state index contributed by atoms with van der Waals surface area (Å²) in [5.41, 5.74) is 6.92. The Labute approximate surface area is 91.0 Å². The summed E-state index contributed by atoms with van der Waals surface area (Å²) >= 11 is 0. The van der Waals surface area contributed by atoms with E-state index in [1.807, 2.05) is 44.2 Å². The van der Waals surface area contributed by atoms with E-state index in [1.165, 1.54) is 0 Å². The van der Waals surface area contributed by atoms with Gasteiger partial charge in [0.05, 0.1) is 0 Å². The molecule has 3 nitrogen and oxygen atoms in total. The zero-order valence-electron chi connectivity index (χ0n) is 9.47. The van der Waals surface area contributed by atoms with Gasteiger partial charge in [-0.2, -0.15) is 0 Å². The molecule has 0 saturated carbocycles. The molecule has 0 radical (unpaired) electrons. The van der Waals surface area contributed by atoms with Crippen LogP contribution in [0.1, 0.15) is 25.5 Å². The first kappa shape index (κ1) is 11.7. The third-order valence-corrected chi connectivity index (χ3v) is 2.01. The van der Waals surface area contributed by atoms with Crippen LogP contribution in [0.5, 0.6) is 0 Å². The predicted octanol–water partition coefficient (Wildman–Crippen LogP) is 2.14. The van der Waals surface area contributed by atoms with Crippen molar-refractivity contribution >= 4 is 5.84 Å². The molecule has 1 rings (SSSR count). The van der Waals surface area contributed by atoms with Crippen molar-refractivity contribution in [3.05, 3.63) is 35.9 Å². The first-order chi connectivity index (χ1) is 7.15. The summed E-state index contributed by atoms with van der Waals surface area (Å²) in [6.07, 6.45) is -0.242. The maximum absolute atomic E-state index is 5.89. The van der Waals surface area contributed by atoms with Crippen LogP contribution in [-0.4, -0.2) is 19.0 Å². The quantitative estimate of drug-likeness (QED) is 0.606. The van der Waals surface area contributed by atoms with Gasteiger partial charge in [-0.25, -0.2) is 0 Å². The lowest BCUT2D eigenvalue weighted by Gasteiger charge is -2.15. The second-order valence-corrected chi connectivity index (χ2v) is 3.67. The largest absolute Gasteiger partial charge is 0.385 e. The Kier molecular flexibility index (Phi) is 4.31. The monoisotopic (exact) mass is 206 g/mol. The SMILES string of the molecule is COC(C(N)=NC(C)C)c1ccccc1. The van der Waals surface area contributed by atoms with Crippen LogP contribution in [0.4, 0.5) is 0 Å². The van der Waals surface area contributed by atoms with Crippen LogP contribution in [-0.2, 0) is 4.74 Å².